The number of nitrogens with two attached hydrogens (primary N) is 1. The zero-order valence-corrected chi connectivity index (χ0v) is 10.5. The number of anilines is 1. The van der Waals surface area contributed by atoms with Crippen LogP contribution in [0.3, 0.4) is 0 Å². The minimum atomic E-state index is 0.377. The largest absolute Gasteiger partial charge is 0.393 e. The van der Waals surface area contributed by atoms with E-state index < -0.39 is 0 Å². The normalized spacial score (nSPS) is 11.5. The van der Waals surface area contributed by atoms with E-state index in [9.17, 15) is 0 Å². The average Bonchev–Trinajstić information content (AvgIpc) is 2.35. The molecular weight excluding hydrogens is 212 g/mol. The van der Waals surface area contributed by atoms with Crippen LogP contribution in [0.15, 0.2) is 24.4 Å². The van der Waals surface area contributed by atoms with Gasteiger partial charge in [0, 0.05) is 25.0 Å². The van der Waals surface area contributed by atoms with Gasteiger partial charge in [-0.3, -0.25) is 5.84 Å². The van der Waals surface area contributed by atoms with Crippen molar-refractivity contribution in [1.82, 2.24) is 5.32 Å². The molecule has 5 N–H and O–H groups in total. The lowest BCUT2D eigenvalue weighted by Crippen LogP contribution is -2.10. The van der Waals surface area contributed by atoms with Crippen molar-refractivity contribution in [1.29, 1.82) is 5.41 Å². The molecule has 0 radical (unpaired) electrons. The first-order chi connectivity index (χ1) is 8.13. The van der Waals surface area contributed by atoms with Gasteiger partial charge in [-0.25, -0.2) is 0 Å². The molecule has 0 amide bonds. The van der Waals surface area contributed by atoms with Crippen LogP contribution in [0.5, 0.6) is 0 Å². The van der Waals surface area contributed by atoms with E-state index in [0.717, 1.165) is 22.4 Å². The van der Waals surface area contributed by atoms with Gasteiger partial charge in [-0.2, -0.15) is 0 Å². The first-order valence-corrected chi connectivity index (χ1v) is 5.62. The Bertz CT molecular complexity index is 421. The van der Waals surface area contributed by atoms with Gasteiger partial charge in [0.05, 0.1) is 5.69 Å². The van der Waals surface area contributed by atoms with E-state index in [1.807, 2.05) is 25.4 Å². The van der Waals surface area contributed by atoms with Crippen molar-refractivity contribution in [2.75, 3.05) is 12.5 Å². The molecule has 0 aliphatic carbocycles. The summed E-state index contributed by atoms with van der Waals surface area (Å²) in [5.41, 5.74) is 6.63. The van der Waals surface area contributed by atoms with Crippen LogP contribution in [0.2, 0.25) is 0 Å². The molecule has 0 bridgehead atoms. The molecule has 4 heteroatoms. The molecule has 1 rings (SSSR count). The maximum Gasteiger partial charge on any atom is 0.0520 e. The molecule has 0 heterocycles. The van der Waals surface area contributed by atoms with Crippen LogP contribution in [0, 0.1) is 5.41 Å². The van der Waals surface area contributed by atoms with Crippen molar-refractivity contribution in [3.63, 3.8) is 0 Å². The summed E-state index contributed by atoms with van der Waals surface area (Å²) >= 11 is 0. The lowest BCUT2D eigenvalue weighted by molar-refractivity contribution is 0.866. The predicted molar refractivity (Wildman–Crippen MR) is 74.2 cm³/mol. The van der Waals surface area contributed by atoms with E-state index >= 15 is 0 Å². The molecule has 0 aliphatic rings. The molecule has 4 nitrogen and oxygen atoms in total. The maximum atomic E-state index is 7.40. The molecule has 0 saturated carbocycles. The van der Waals surface area contributed by atoms with Gasteiger partial charge >= 0.3 is 0 Å². The SMILES string of the molecule is CN/C=C(\C=N)c1ccc(NN)c(C(C)C)c1. The predicted octanol–water partition coefficient (Wildman–Crippen LogP) is 2.31. The zero-order valence-electron chi connectivity index (χ0n) is 10.5. The summed E-state index contributed by atoms with van der Waals surface area (Å²) in [6, 6.07) is 5.96. The summed E-state index contributed by atoms with van der Waals surface area (Å²) in [5.74, 6) is 5.86. The van der Waals surface area contributed by atoms with Crippen molar-refractivity contribution in [3.8, 4) is 0 Å². The number of hydrogen-bond acceptors (Lipinski definition) is 4. The molecule has 0 unspecified atom stereocenters. The fraction of sp³-hybridized carbons (Fsp3) is 0.308. The van der Waals surface area contributed by atoms with Gasteiger partial charge in [0.2, 0.25) is 0 Å². The highest BCUT2D eigenvalue weighted by molar-refractivity contribution is 6.08. The van der Waals surface area contributed by atoms with Crippen LogP contribution in [0.4, 0.5) is 5.69 Å². The minimum Gasteiger partial charge on any atom is -0.393 e. The van der Waals surface area contributed by atoms with E-state index in [-0.39, 0.29) is 0 Å². The van der Waals surface area contributed by atoms with E-state index in [4.69, 9.17) is 11.3 Å². The molecule has 0 spiro atoms. The molecule has 0 aromatic heterocycles. The van der Waals surface area contributed by atoms with Crippen molar-refractivity contribution in [3.05, 3.63) is 35.5 Å². The van der Waals surface area contributed by atoms with Crippen LogP contribution in [-0.4, -0.2) is 13.3 Å². The third-order valence-corrected chi connectivity index (χ3v) is 2.62. The highest BCUT2D eigenvalue weighted by atomic mass is 15.2. The second-order valence-corrected chi connectivity index (χ2v) is 4.13. The van der Waals surface area contributed by atoms with Crippen LogP contribution in [0.25, 0.3) is 5.57 Å². The Kier molecular flexibility index (Phi) is 4.72. The third-order valence-electron chi connectivity index (χ3n) is 2.62. The summed E-state index contributed by atoms with van der Waals surface area (Å²) in [4.78, 5) is 0. The Morgan fingerprint density at radius 1 is 1.41 bits per heavy atom. The minimum absolute atomic E-state index is 0.377. The van der Waals surface area contributed by atoms with Crippen LogP contribution in [0.1, 0.15) is 30.9 Å². The molecule has 0 aliphatic heterocycles. The van der Waals surface area contributed by atoms with Gasteiger partial charge in [-0.1, -0.05) is 19.9 Å². The highest BCUT2D eigenvalue weighted by Crippen LogP contribution is 2.27. The molecular formula is C13H20N4. The lowest BCUT2D eigenvalue weighted by atomic mass is 9.96. The molecule has 17 heavy (non-hydrogen) atoms. The standard InChI is InChI=1S/C13H20N4/c1-9(2)12-6-10(4-5-13(12)17-15)11(7-14)8-16-3/h4-9,14,16-17H,15H2,1-3H3/b11-8+,14-7?. The number of benzene rings is 1. The van der Waals surface area contributed by atoms with E-state index in [1.54, 1.807) is 0 Å². The van der Waals surface area contributed by atoms with Gasteiger partial charge < -0.3 is 16.2 Å². The highest BCUT2D eigenvalue weighted by Gasteiger charge is 2.08. The topological polar surface area (TPSA) is 73.9 Å². The van der Waals surface area contributed by atoms with E-state index in [0.29, 0.717) is 5.92 Å². The number of hydrazine groups is 1. The lowest BCUT2D eigenvalue weighted by Gasteiger charge is -2.14. The third kappa shape index (κ3) is 3.07. The summed E-state index contributed by atoms with van der Waals surface area (Å²) in [6.45, 7) is 4.23. The number of hydrogen-bond donors (Lipinski definition) is 4. The van der Waals surface area contributed by atoms with Gasteiger partial charge in [0.25, 0.3) is 0 Å². The number of allylic oxidation sites excluding steroid dienone is 1. The number of rotatable bonds is 5. The Morgan fingerprint density at radius 2 is 2.12 bits per heavy atom. The monoisotopic (exact) mass is 232 g/mol. The summed E-state index contributed by atoms with van der Waals surface area (Å²) < 4.78 is 0. The maximum absolute atomic E-state index is 7.40. The smallest absolute Gasteiger partial charge is 0.0520 e. The van der Waals surface area contributed by atoms with Gasteiger partial charge in [-0.05, 0) is 29.2 Å². The van der Waals surface area contributed by atoms with Gasteiger partial charge in [-0.15, -0.1) is 0 Å². The average molecular weight is 232 g/mol. The van der Waals surface area contributed by atoms with Crippen molar-refractivity contribution >= 4 is 17.5 Å². The van der Waals surface area contributed by atoms with Crippen molar-refractivity contribution < 1.29 is 0 Å². The fourth-order valence-corrected chi connectivity index (χ4v) is 1.72. The first-order valence-electron chi connectivity index (χ1n) is 5.62. The molecule has 1 aromatic rings. The van der Waals surface area contributed by atoms with E-state index in [2.05, 4.69) is 30.7 Å². The van der Waals surface area contributed by atoms with Crippen molar-refractivity contribution in [2.24, 2.45) is 5.84 Å². The summed E-state index contributed by atoms with van der Waals surface area (Å²) in [7, 11) is 1.82. The molecule has 0 fully saturated rings. The second-order valence-electron chi connectivity index (χ2n) is 4.13. The molecule has 92 valence electrons. The summed E-state index contributed by atoms with van der Waals surface area (Å²) in [6.07, 6.45) is 3.15. The van der Waals surface area contributed by atoms with Crippen LogP contribution < -0.4 is 16.6 Å². The van der Waals surface area contributed by atoms with E-state index in [1.165, 1.54) is 6.21 Å². The zero-order chi connectivity index (χ0) is 12.8. The van der Waals surface area contributed by atoms with Crippen molar-refractivity contribution in [2.45, 2.75) is 19.8 Å². The van der Waals surface area contributed by atoms with Gasteiger partial charge in [0.1, 0.15) is 0 Å². The number of nitrogens with one attached hydrogen (secondary N) is 3. The Balaban J connectivity index is 3.24. The quantitative estimate of drug-likeness (QED) is 0.357. The Morgan fingerprint density at radius 3 is 2.59 bits per heavy atom. The molecule has 1 aromatic carbocycles. The fourth-order valence-electron chi connectivity index (χ4n) is 1.72. The van der Waals surface area contributed by atoms with Crippen LogP contribution in [-0.2, 0) is 0 Å². The Hall–Kier alpha value is -1.81. The Labute approximate surface area is 102 Å². The molecule has 0 atom stereocenters. The van der Waals surface area contributed by atoms with Gasteiger partial charge in [0.15, 0.2) is 0 Å². The second kappa shape index (κ2) is 6.06. The number of nitrogen functional groups attached to an aromatic ring is 1. The van der Waals surface area contributed by atoms with Crippen LogP contribution >= 0.6 is 0 Å². The molecule has 0 saturated heterocycles. The first kappa shape index (κ1) is 13.3. The summed E-state index contributed by atoms with van der Waals surface area (Å²) in [5, 5.41) is 10.3.